The number of benzene rings is 1. The highest BCUT2D eigenvalue weighted by atomic mass is 16.5. The van der Waals surface area contributed by atoms with Crippen LogP contribution in [0.3, 0.4) is 0 Å². The van der Waals surface area contributed by atoms with E-state index in [1.54, 1.807) is 18.2 Å². The molecule has 0 saturated carbocycles. The minimum absolute atomic E-state index is 0.0731. The molecule has 0 aromatic heterocycles. The van der Waals surface area contributed by atoms with Crippen LogP contribution in [0, 0.1) is 5.92 Å². The first-order valence-electron chi connectivity index (χ1n) is 6.61. The Morgan fingerprint density at radius 3 is 2.40 bits per heavy atom. The summed E-state index contributed by atoms with van der Waals surface area (Å²) in [6.45, 7) is 5.86. The van der Waals surface area contributed by atoms with E-state index in [-0.39, 0.29) is 29.7 Å². The van der Waals surface area contributed by atoms with E-state index in [2.05, 4.69) is 5.32 Å². The SMILES string of the molecule is COC(=O)[C@@H](NC(C)c1ccc(O)c(OC)c1)C(C)C. The van der Waals surface area contributed by atoms with E-state index in [9.17, 15) is 9.90 Å². The van der Waals surface area contributed by atoms with Crippen LogP contribution < -0.4 is 10.1 Å². The van der Waals surface area contributed by atoms with Gasteiger partial charge in [-0.25, -0.2) is 0 Å². The first kappa shape index (κ1) is 16.3. The van der Waals surface area contributed by atoms with Gasteiger partial charge in [-0.2, -0.15) is 0 Å². The minimum Gasteiger partial charge on any atom is -0.504 e. The van der Waals surface area contributed by atoms with Gasteiger partial charge in [-0.05, 0) is 30.5 Å². The maximum Gasteiger partial charge on any atom is 0.323 e. The van der Waals surface area contributed by atoms with Gasteiger partial charge < -0.3 is 14.6 Å². The summed E-state index contributed by atoms with van der Waals surface area (Å²) >= 11 is 0. The lowest BCUT2D eigenvalue weighted by Crippen LogP contribution is -2.42. The summed E-state index contributed by atoms with van der Waals surface area (Å²) in [4.78, 5) is 11.7. The lowest BCUT2D eigenvalue weighted by atomic mass is 10.0. The van der Waals surface area contributed by atoms with Crippen LogP contribution in [0.4, 0.5) is 0 Å². The van der Waals surface area contributed by atoms with E-state index < -0.39 is 0 Å². The molecule has 0 amide bonds. The van der Waals surface area contributed by atoms with E-state index in [0.29, 0.717) is 5.75 Å². The standard InChI is InChI=1S/C15H23NO4/c1-9(2)14(15(18)20-5)16-10(3)11-6-7-12(17)13(8-11)19-4/h6-10,14,16-17H,1-5H3/t10?,14-/m0/s1. The Hall–Kier alpha value is -1.75. The zero-order valence-corrected chi connectivity index (χ0v) is 12.6. The molecule has 5 heteroatoms. The number of ether oxygens (including phenoxy) is 2. The van der Waals surface area contributed by atoms with Gasteiger partial charge in [-0.3, -0.25) is 10.1 Å². The van der Waals surface area contributed by atoms with E-state index in [0.717, 1.165) is 5.56 Å². The fourth-order valence-corrected chi connectivity index (χ4v) is 1.99. The maximum absolute atomic E-state index is 11.7. The molecule has 0 bridgehead atoms. The smallest absolute Gasteiger partial charge is 0.323 e. The van der Waals surface area contributed by atoms with Gasteiger partial charge in [0.1, 0.15) is 6.04 Å². The van der Waals surface area contributed by atoms with Crippen molar-refractivity contribution < 1.29 is 19.4 Å². The van der Waals surface area contributed by atoms with Crippen molar-refractivity contribution >= 4 is 5.97 Å². The van der Waals surface area contributed by atoms with Gasteiger partial charge in [0.25, 0.3) is 0 Å². The van der Waals surface area contributed by atoms with Crippen molar-refractivity contribution in [1.82, 2.24) is 5.32 Å². The Labute approximate surface area is 119 Å². The van der Waals surface area contributed by atoms with Crippen LogP contribution in [-0.4, -0.2) is 31.3 Å². The largest absolute Gasteiger partial charge is 0.504 e. The third kappa shape index (κ3) is 3.87. The maximum atomic E-state index is 11.7. The molecule has 0 fully saturated rings. The normalized spacial score (nSPS) is 13.9. The summed E-state index contributed by atoms with van der Waals surface area (Å²) in [5.74, 6) is 0.341. The van der Waals surface area contributed by atoms with Gasteiger partial charge in [-0.15, -0.1) is 0 Å². The molecule has 5 nitrogen and oxygen atoms in total. The van der Waals surface area contributed by atoms with Crippen LogP contribution in [-0.2, 0) is 9.53 Å². The molecule has 2 atom stereocenters. The van der Waals surface area contributed by atoms with Crippen molar-refractivity contribution in [2.45, 2.75) is 32.9 Å². The van der Waals surface area contributed by atoms with Crippen LogP contribution in [0.5, 0.6) is 11.5 Å². The predicted octanol–water partition coefficient (Wildman–Crippen LogP) is 2.25. The molecule has 0 heterocycles. The average molecular weight is 281 g/mol. The highest BCUT2D eigenvalue weighted by Gasteiger charge is 2.25. The zero-order chi connectivity index (χ0) is 15.3. The van der Waals surface area contributed by atoms with Crippen molar-refractivity contribution in [3.8, 4) is 11.5 Å². The van der Waals surface area contributed by atoms with Gasteiger partial charge in [0.2, 0.25) is 0 Å². The molecule has 1 unspecified atom stereocenters. The summed E-state index contributed by atoms with van der Waals surface area (Å²) in [7, 11) is 2.88. The van der Waals surface area contributed by atoms with Crippen LogP contribution in [0.15, 0.2) is 18.2 Å². The first-order chi connectivity index (χ1) is 9.40. The molecular formula is C15H23NO4. The van der Waals surface area contributed by atoms with Crippen LogP contribution in [0.25, 0.3) is 0 Å². The van der Waals surface area contributed by atoms with Gasteiger partial charge in [-0.1, -0.05) is 19.9 Å². The zero-order valence-electron chi connectivity index (χ0n) is 12.6. The van der Waals surface area contributed by atoms with Gasteiger partial charge >= 0.3 is 5.97 Å². The van der Waals surface area contributed by atoms with Crippen molar-refractivity contribution in [3.05, 3.63) is 23.8 Å². The Morgan fingerprint density at radius 2 is 1.90 bits per heavy atom. The topological polar surface area (TPSA) is 67.8 Å². The lowest BCUT2D eigenvalue weighted by Gasteiger charge is -2.24. The van der Waals surface area contributed by atoms with Crippen molar-refractivity contribution in [3.63, 3.8) is 0 Å². The Balaban J connectivity index is 2.88. The number of nitrogens with one attached hydrogen (secondary N) is 1. The molecule has 1 rings (SSSR count). The molecule has 1 aromatic rings. The second-order valence-electron chi connectivity index (χ2n) is 5.06. The summed E-state index contributed by atoms with van der Waals surface area (Å²) in [5, 5.41) is 12.8. The first-order valence-corrected chi connectivity index (χ1v) is 6.61. The number of rotatable bonds is 6. The molecule has 0 aliphatic heterocycles. The number of esters is 1. The highest BCUT2D eigenvalue weighted by molar-refractivity contribution is 5.76. The third-order valence-electron chi connectivity index (χ3n) is 3.26. The van der Waals surface area contributed by atoms with E-state index >= 15 is 0 Å². The number of aromatic hydroxyl groups is 1. The lowest BCUT2D eigenvalue weighted by molar-refractivity contribution is -0.144. The number of phenolic OH excluding ortho intramolecular Hbond substituents is 1. The molecule has 0 radical (unpaired) electrons. The van der Waals surface area contributed by atoms with E-state index in [4.69, 9.17) is 9.47 Å². The Bertz CT molecular complexity index is 459. The van der Waals surface area contributed by atoms with E-state index in [1.807, 2.05) is 20.8 Å². The second kappa shape index (κ2) is 7.14. The highest BCUT2D eigenvalue weighted by Crippen LogP contribution is 2.29. The number of hydrogen-bond donors (Lipinski definition) is 2. The fraction of sp³-hybridized carbons (Fsp3) is 0.533. The number of hydrogen-bond acceptors (Lipinski definition) is 5. The van der Waals surface area contributed by atoms with E-state index in [1.165, 1.54) is 14.2 Å². The van der Waals surface area contributed by atoms with Crippen molar-refractivity contribution in [1.29, 1.82) is 0 Å². The molecule has 0 spiro atoms. The summed E-state index contributed by atoms with van der Waals surface area (Å²) in [5.41, 5.74) is 0.925. The summed E-state index contributed by atoms with van der Waals surface area (Å²) in [6, 6.07) is 4.67. The Morgan fingerprint density at radius 1 is 1.25 bits per heavy atom. The van der Waals surface area contributed by atoms with Crippen LogP contribution >= 0.6 is 0 Å². The second-order valence-corrected chi connectivity index (χ2v) is 5.06. The summed E-state index contributed by atoms with van der Waals surface area (Å²) < 4.78 is 9.90. The number of methoxy groups -OCH3 is 2. The van der Waals surface area contributed by atoms with Gasteiger partial charge in [0.05, 0.1) is 14.2 Å². The number of carbonyl (C=O) groups is 1. The van der Waals surface area contributed by atoms with Crippen LogP contribution in [0.2, 0.25) is 0 Å². The molecule has 0 aliphatic carbocycles. The minimum atomic E-state index is -0.380. The molecule has 0 saturated heterocycles. The fourth-order valence-electron chi connectivity index (χ4n) is 1.99. The van der Waals surface area contributed by atoms with Crippen molar-refractivity contribution in [2.75, 3.05) is 14.2 Å². The Kier molecular flexibility index (Phi) is 5.82. The number of phenols is 1. The molecule has 20 heavy (non-hydrogen) atoms. The summed E-state index contributed by atoms with van der Waals surface area (Å²) in [6.07, 6.45) is 0. The van der Waals surface area contributed by atoms with Gasteiger partial charge in [0.15, 0.2) is 11.5 Å². The predicted molar refractivity (Wildman–Crippen MR) is 76.9 cm³/mol. The molecule has 112 valence electrons. The molecule has 1 aromatic carbocycles. The van der Waals surface area contributed by atoms with Crippen LogP contribution in [0.1, 0.15) is 32.4 Å². The molecule has 0 aliphatic rings. The quantitative estimate of drug-likeness (QED) is 0.783. The molecular weight excluding hydrogens is 258 g/mol. The van der Waals surface area contributed by atoms with Crippen molar-refractivity contribution in [2.24, 2.45) is 5.92 Å². The average Bonchev–Trinajstić information content (AvgIpc) is 2.43. The number of carbonyl (C=O) groups excluding carboxylic acids is 1. The van der Waals surface area contributed by atoms with Gasteiger partial charge in [0, 0.05) is 6.04 Å². The molecule has 2 N–H and O–H groups in total. The monoisotopic (exact) mass is 281 g/mol. The third-order valence-corrected chi connectivity index (χ3v) is 3.26.